The Bertz CT molecular complexity index is 769. The lowest BCUT2D eigenvalue weighted by Gasteiger charge is -2.31. The first-order valence-electron chi connectivity index (χ1n) is 8.60. The smallest absolute Gasteiger partial charge is 0.253 e. The van der Waals surface area contributed by atoms with Crippen LogP contribution in [0.4, 0.5) is 0 Å². The third-order valence-corrected chi connectivity index (χ3v) is 5.40. The fourth-order valence-electron chi connectivity index (χ4n) is 3.06. The minimum Gasteiger partial charge on any atom is -0.352 e. The minimum absolute atomic E-state index is 0.0255. The lowest BCUT2D eigenvalue weighted by molar-refractivity contribution is -0.126. The van der Waals surface area contributed by atoms with Gasteiger partial charge in [0.15, 0.2) is 0 Å². The van der Waals surface area contributed by atoms with E-state index in [1.165, 1.54) is 0 Å². The molecule has 4 nitrogen and oxygen atoms in total. The van der Waals surface area contributed by atoms with Crippen LogP contribution in [0.1, 0.15) is 28.8 Å². The number of benzene rings is 2. The van der Waals surface area contributed by atoms with E-state index >= 15 is 0 Å². The molecule has 0 bridgehead atoms. The van der Waals surface area contributed by atoms with Crippen molar-refractivity contribution in [3.63, 3.8) is 0 Å². The maximum Gasteiger partial charge on any atom is 0.253 e. The summed E-state index contributed by atoms with van der Waals surface area (Å²) in [6.45, 7) is 1.70. The topological polar surface area (TPSA) is 49.4 Å². The van der Waals surface area contributed by atoms with E-state index in [0.717, 1.165) is 10.0 Å². The second-order valence-electron chi connectivity index (χ2n) is 6.42. The number of halogens is 2. The zero-order chi connectivity index (χ0) is 18.5. The van der Waals surface area contributed by atoms with Crippen LogP contribution in [0.15, 0.2) is 53.0 Å². The Labute approximate surface area is 166 Å². The lowest BCUT2D eigenvalue weighted by atomic mass is 9.95. The molecule has 2 aromatic rings. The van der Waals surface area contributed by atoms with E-state index in [1.807, 2.05) is 53.4 Å². The standard InChI is InChI=1S/C20H20BrClN2O2/c21-17-5-3-16(4-6-17)20(26)24-11-9-15(10-12-24)19(25)23-13-14-1-7-18(22)8-2-14/h1-8,15H,9-13H2,(H,23,25). The largest absolute Gasteiger partial charge is 0.352 e. The first-order chi connectivity index (χ1) is 12.5. The van der Waals surface area contributed by atoms with Gasteiger partial charge in [-0.25, -0.2) is 0 Å². The summed E-state index contributed by atoms with van der Waals surface area (Å²) < 4.78 is 0.949. The van der Waals surface area contributed by atoms with Crippen LogP contribution in [-0.2, 0) is 11.3 Å². The van der Waals surface area contributed by atoms with Gasteiger partial charge in [0, 0.05) is 40.6 Å². The average Bonchev–Trinajstić information content (AvgIpc) is 2.67. The molecule has 0 spiro atoms. The van der Waals surface area contributed by atoms with Crippen molar-refractivity contribution >= 4 is 39.3 Å². The van der Waals surface area contributed by atoms with Crippen LogP contribution >= 0.6 is 27.5 Å². The van der Waals surface area contributed by atoms with Gasteiger partial charge in [0.05, 0.1) is 0 Å². The quantitative estimate of drug-likeness (QED) is 0.779. The number of nitrogens with one attached hydrogen (secondary N) is 1. The Hall–Kier alpha value is -1.85. The molecule has 2 amide bonds. The normalized spacial score (nSPS) is 14.9. The number of piperidine rings is 1. The van der Waals surface area contributed by atoms with E-state index in [4.69, 9.17) is 11.6 Å². The molecule has 1 aliphatic heterocycles. The van der Waals surface area contributed by atoms with Crippen molar-refractivity contribution in [1.29, 1.82) is 0 Å². The summed E-state index contributed by atoms with van der Waals surface area (Å²) in [6, 6.07) is 14.8. The van der Waals surface area contributed by atoms with Gasteiger partial charge in [-0.1, -0.05) is 39.7 Å². The van der Waals surface area contributed by atoms with Crippen molar-refractivity contribution in [1.82, 2.24) is 10.2 Å². The van der Waals surface area contributed by atoms with Crippen molar-refractivity contribution in [2.75, 3.05) is 13.1 Å². The summed E-state index contributed by atoms with van der Waals surface area (Å²) in [4.78, 5) is 26.7. The van der Waals surface area contributed by atoms with Crippen LogP contribution in [0.2, 0.25) is 5.02 Å². The highest BCUT2D eigenvalue weighted by Crippen LogP contribution is 2.20. The number of likely N-dealkylation sites (tertiary alicyclic amines) is 1. The monoisotopic (exact) mass is 434 g/mol. The Morgan fingerprint density at radius 3 is 2.27 bits per heavy atom. The zero-order valence-electron chi connectivity index (χ0n) is 14.3. The molecule has 6 heteroatoms. The molecule has 1 saturated heterocycles. The maximum absolute atomic E-state index is 12.5. The van der Waals surface area contributed by atoms with Gasteiger partial charge in [-0.2, -0.15) is 0 Å². The summed E-state index contributed by atoms with van der Waals surface area (Å²) >= 11 is 9.24. The predicted octanol–water partition coefficient (Wildman–Crippen LogP) is 4.27. The Kier molecular flexibility index (Phi) is 6.33. The highest BCUT2D eigenvalue weighted by molar-refractivity contribution is 9.10. The second kappa shape index (κ2) is 8.69. The number of amides is 2. The number of hydrogen-bond acceptors (Lipinski definition) is 2. The third-order valence-electron chi connectivity index (χ3n) is 4.62. The molecule has 0 unspecified atom stereocenters. The highest BCUT2D eigenvalue weighted by Gasteiger charge is 2.27. The molecule has 0 aliphatic carbocycles. The van der Waals surface area contributed by atoms with Gasteiger partial charge >= 0.3 is 0 Å². The summed E-state index contributed by atoms with van der Waals surface area (Å²) in [5.74, 6) is 0.0319. The molecule has 136 valence electrons. The van der Waals surface area contributed by atoms with Crippen molar-refractivity contribution in [2.45, 2.75) is 19.4 Å². The van der Waals surface area contributed by atoms with Gasteiger partial charge in [-0.15, -0.1) is 0 Å². The Balaban J connectivity index is 1.48. The molecule has 0 aromatic heterocycles. The van der Waals surface area contributed by atoms with Gasteiger partial charge < -0.3 is 10.2 Å². The molecule has 0 atom stereocenters. The molecule has 1 fully saturated rings. The minimum atomic E-state index is -0.0451. The Morgan fingerprint density at radius 2 is 1.65 bits per heavy atom. The number of nitrogens with zero attached hydrogens (tertiary/aromatic N) is 1. The molecule has 26 heavy (non-hydrogen) atoms. The van der Waals surface area contributed by atoms with Gasteiger partial charge in [0.1, 0.15) is 0 Å². The van der Waals surface area contributed by atoms with Gasteiger partial charge in [-0.3, -0.25) is 9.59 Å². The SMILES string of the molecule is O=C(NCc1ccc(Cl)cc1)C1CCN(C(=O)c2ccc(Br)cc2)CC1. The summed E-state index contributed by atoms with van der Waals surface area (Å²) in [5.41, 5.74) is 1.70. The maximum atomic E-state index is 12.5. The van der Waals surface area contributed by atoms with Gasteiger partial charge in [0.2, 0.25) is 5.91 Å². The number of rotatable bonds is 4. The second-order valence-corrected chi connectivity index (χ2v) is 7.77. The summed E-state index contributed by atoms with van der Waals surface area (Å²) in [5, 5.41) is 3.66. The van der Waals surface area contributed by atoms with E-state index in [9.17, 15) is 9.59 Å². The predicted molar refractivity (Wildman–Crippen MR) is 106 cm³/mol. The fourth-order valence-corrected chi connectivity index (χ4v) is 3.45. The van der Waals surface area contributed by atoms with Crippen LogP contribution in [0.25, 0.3) is 0 Å². The number of carbonyl (C=O) groups excluding carboxylic acids is 2. The van der Waals surface area contributed by atoms with Crippen molar-refractivity contribution in [3.05, 3.63) is 69.2 Å². The van der Waals surface area contributed by atoms with E-state index in [0.29, 0.717) is 43.1 Å². The van der Waals surface area contributed by atoms with Crippen LogP contribution in [0, 0.1) is 5.92 Å². The van der Waals surface area contributed by atoms with Crippen molar-refractivity contribution in [3.8, 4) is 0 Å². The molecule has 3 rings (SSSR count). The summed E-state index contributed by atoms with van der Waals surface area (Å²) in [7, 11) is 0. The molecule has 0 radical (unpaired) electrons. The number of hydrogen-bond donors (Lipinski definition) is 1. The molecule has 1 heterocycles. The van der Waals surface area contributed by atoms with Gasteiger partial charge in [0.25, 0.3) is 5.91 Å². The molecular weight excluding hydrogens is 416 g/mol. The lowest BCUT2D eigenvalue weighted by Crippen LogP contribution is -2.42. The number of carbonyl (C=O) groups is 2. The van der Waals surface area contributed by atoms with Crippen LogP contribution in [0.5, 0.6) is 0 Å². The molecule has 1 N–H and O–H groups in total. The molecule has 1 aliphatic rings. The van der Waals surface area contributed by atoms with E-state index in [1.54, 1.807) is 0 Å². The van der Waals surface area contributed by atoms with Crippen molar-refractivity contribution < 1.29 is 9.59 Å². The molecule has 2 aromatic carbocycles. The Morgan fingerprint density at radius 1 is 1.04 bits per heavy atom. The van der Waals surface area contributed by atoms with E-state index in [2.05, 4.69) is 21.2 Å². The van der Waals surface area contributed by atoms with Crippen molar-refractivity contribution in [2.24, 2.45) is 5.92 Å². The van der Waals surface area contributed by atoms with E-state index in [-0.39, 0.29) is 17.7 Å². The van der Waals surface area contributed by atoms with E-state index < -0.39 is 0 Å². The highest BCUT2D eigenvalue weighted by atomic mass is 79.9. The fraction of sp³-hybridized carbons (Fsp3) is 0.300. The third kappa shape index (κ3) is 4.86. The van der Waals surface area contributed by atoms with Crippen LogP contribution in [-0.4, -0.2) is 29.8 Å². The zero-order valence-corrected chi connectivity index (χ0v) is 16.6. The molecular formula is C20H20BrClN2O2. The summed E-state index contributed by atoms with van der Waals surface area (Å²) in [6.07, 6.45) is 1.38. The molecule has 0 saturated carbocycles. The van der Waals surface area contributed by atoms with Crippen LogP contribution < -0.4 is 5.32 Å². The average molecular weight is 436 g/mol. The first kappa shape index (κ1) is 18.9. The van der Waals surface area contributed by atoms with Crippen LogP contribution in [0.3, 0.4) is 0 Å². The first-order valence-corrected chi connectivity index (χ1v) is 9.77. The van der Waals surface area contributed by atoms with Gasteiger partial charge in [-0.05, 0) is 54.8 Å².